The van der Waals surface area contributed by atoms with E-state index in [1.54, 1.807) is 0 Å². The van der Waals surface area contributed by atoms with Crippen molar-refractivity contribution >= 4 is 33.4 Å². The Morgan fingerprint density at radius 1 is 0.958 bits per heavy atom. The molecule has 24 heavy (non-hydrogen) atoms. The van der Waals surface area contributed by atoms with E-state index in [1.807, 2.05) is 60.8 Å². The molecule has 4 rings (SSSR count). The first-order valence-corrected chi connectivity index (χ1v) is 8.00. The third kappa shape index (κ3) is 2.86. The lowest BCUT2D eigenvalue weighted by atomic mass is 10.1. The number of hydrogen-bond acceptors (Lipinski definition) is 2. The van der Waals surface area contributed by atoms with Crippen LogP contribution in [0.1, 0.15) is 12.1 Å². The molecule has 2 aromatic carbocycles. The minimum Gasteiger partial charge on any atom is -0.359 e. The maximum Gasteiger partial charge on any atom is 0.224 e. The maximum absolute atomic E-state index is 12.3. The van der Waals surface area contributed by atoms with Gasteiger partial charge in [0.1, 0.15) is 0 Å². The molecule has 0 unspecified atom stereocenters. The molecule has 0 aliphatic carbocycles. The summed E-state index contributed by atoms with van der Waals surface area (Å²) in [5.41, 5.74) is 3.66. The number of amides is 1. The van der Waals surface area contributed by atoms with Crippen LogP contribution in [0.4, 0.5) is 5.69 Å². The molecule has 118 valence electrons. The number of aryl methyl sites for hydroxylation is 1. The van der Waals surface area contributed by atoms with Crippen LogP contribution in [-0.2, 0) is 11.2 Å². The fraction of sp³-hybridized carbons (Fsp3) is 0.100. The van der Waals surface area contributed by atoms with E-state index in [-0.39, 0.29) is 5.91 Å². The van der Waals surface area contributed by atoms with E-state index < -0.39 is 0 Å². The highest BCUT2D eigenvalue weighted by Crippen LogP contribution is 2.21. The normalized spacial score (nSPS) is 11.0. The smallest absolute Gasteiger partial charge is 0.224 e. The Balaban J connectivity index is 1.45. The number of aromatic amines is 1. The van der Waals surface area contributed by atoms with Gasteiger partial charge in [-0.15, -0.1) is 0 Å². The van der Waals surface area contributed by atoms with E-state index in [2.05, 4.69) is 21.4 Å². The summed E-state index contributed by atoms with van der Waals surface area (Å²) < 4.78 is 0. The highest BCUT2D eigenvalue weighted by molar-refractivity contribution is 6.00. The molecule has 4 aromatic rings. The molecule has 2 heterocycles. The number of rotatable bonds is 4. The number of carbonyl (C=O) groups is 1. The van der Waals surface area contributed by atoms with Gasteiger partial charge in [0.15, 0.2) is 0 Å². The Hall–Kier alpha value is -3.14. The fourth-order valence-electron chi connectivity index (χ4n) is 2.89. The van der Waals surface area contributed by atoms with Gasteiger partial charge >= 0.3 is 0 Å². The summed E-state index contributed by atoms with van der Waals surface area (Å²) in [6, 6.07) is 19.9. The predicted molar refractivity (Wildman–Crippen MR) is 97.0 cm³/mol. The van der Waals surface area contributed by atoms with Gasteiger partial charge in [-0.2, -0.15) is 0 Å². The number of anilines is 1. The van der Waals surface area contributed by atoms with Crippen LogP contribution < -0.4 is 5.32 Å². The Labute approximate surface area is 139 Å². The van der Waals surface area contributed by atoms with Crippen LogP contribution in [0.15, 0.2) is 66.9 Å². The average Bonchev–Trinajstić information content (AvgIpc) is 3.10. The van der Waals surface area contributed by atoms with E-state index in [0.29, 0.717) is 12.8 Å². The second-order valence-corrected chi connectivity index (χ2v) is 5.79. The molecule has 2 aromatic heterocycles. The molecule has 0 aliphatic heterocycles. The number of carbonyl (C=O) groups excluding carboxylic acids is 1. The highest BCUT2D eigenvalue weighted by atomic mass is 16.1. The monoisotopic (exact) mass is 315 g/mol. The molecular weight excluding hydrogens is 298 g/mol. The number of fused-ring (bicyclic) bond motifs is 2. The molecule has 4 heteroatoms. The summed E-state index contributed by atoms with van der Waals surface area (Å²) in [5.74, 6) is -0.00735. The lowest BCUT2D eigenvalue weighted by Gasteiger charge is -2.07. The summed E-state index contributed by atoms with van der Waals surface area (Å²) in [6.45, 7) is 0. The summed E-state index contributed by atoms with van der Waals surface area (Å²) in [7, 11) is 0. The number of pyridine rings is 1. The molecule has 0 atom stereocenters. The number of hydrogen-bond donors (Lipinski definition) is 2. The molecule has 0 fully saturated rings. The van der Waals surface area contributed by atoms with E-state index in [4.69, 9.17) is 0 Å². The zero-order chi connectivity index (χ0) is 16.4. The third-order valence-corrected chi connectivity index (χ3v) is 4.13. The standard InChI is InChI=1S/C20H17N3O/c24-19(23-18-7-3-5-15-12-13-21-20(15)18)11-10-16-9-8-14-4-1-2-6-17(14)22-16/h1-9,12-13,21H,10-11H2,(H,23,24). The molecule has 0 bridgehead atoms. The zero-order valence-electron chi connectivity index (χ0n) is 13.1. The van der Waals surface area contributed by atoms with Crippen LogP contribution in [0.3, 0.4) is 0 Å². The minimum atomic E-state index is -0.00735. The van der Waals surface area contributed by atoms with Gasteiger partial charge < -0.3 is 10.3 Å². The van der Waals surface area contributed by atoms with Crippen molar-refractivity contribution in [2.75, 3.05) is 5.32 Å². The number of para-hydroxylation sites is 2. The van der Waals surface area contributed by atoms with Crippen molar-refractivity contribution < 1.29 is 4.79 Å². The van der Waals surface area contributed by atoms with Crippen LogP contribution in [0.25, 0.3) is 21.8 Å². The second-order valence-electron chi connectivity index (χ2n) is 5.79. The predicted octanol–water partition coefficient (Wildman–Crippen LogP) is 4.29. The summed E-state index contributed by atoms with van der Waals surface area (Å²) in [4.78, 5) is 20.0. The number of nitrogens with zero attached hydrogens (tertiary/aromatic N) is 1. The molecule has 0 aliphatic rings. The van der Waals surface area contributed by atoms with E-state index in [1.165, 1.54) is 0 Å². The van der Waals surface area contributed by atoms with E-state index >= 15 is 0 Å². The van der Waals surface area contributed by atoms with Gasteiger partial charge in [0.05, 0.1) is 16.7 Å². The molecule has 0 spiro atoms. The molecule has 0 saturated heterocycles. The molecule has 1 amide bonds. The van der Waals surface area contributed by atoms with Gasteiger partial charge in [0.25, 0.3) is 0 Å². The third-order valence-electron chi connectivity index (χ3n) is 4.13. The first-order chi connectivity index (χ1) is 11.8. The fourth-order valence-corrected chi connectivity index (χ4v) is 2.89. The van der Waals surface area contributed by atoms with E-state index in [0.717, 1.165) is 33.2 Å². The summed E-state index contributed by atoms with van der Waals surface area (Å²) in [5, 5.41) is 5.18. The van der Waals surface area contributed by atoms with Gasteiger partial charge in [-0.25, -0.2) is 0 Å². The SMILES string of the molecule is O=C(CCc1ccc2ccccc2n1)Nc1cccc2cc[nH]c12. The van der Waals surface area contributed by atoms with Crippen molar-refractivity contribution in [3.8, 4) is 0 Å². The highest BCUT2D eigenvalue weighted by Gasteiger charge is 2.07. The van der Waals surface area contributed by atoms with Gasteiger partial charge in [0, 0.05) is 29.1 Å². The summed E-state index contributed by atoms with van der Waals surface area (Å²) >= 11 is 0. The van der Waals surface area contributed by atoms with Crippen molar-refractivity contribution in [3.63, 3.8) is 0 Å². The second kappa shape index (κ2) is 6.16. The van der Waals surface area contributed by atoms with Crippen LogP contribution in [-0.4, -0.2) is 15.9 Å². The van der Waals surface area contributed by atoms with Crippen molar-refractivity contribution in [1.29, 1.82) is 0 Å². The zero-order valence-corrected chi connectivity index (χ0v) is 13.1. The van der Waals surface area contributed by atoms with Gasteiger partial charge in [0.2, 0.25) is 5.91 Å². The molecule has 0 radical (unpaired) electrons. The van der Waals surface area contributed by atoms with Crippen molar-refractivity contribution in [1.82, 2.24) is 9.97 Å². The van der Waals surface area contributed by atoms with Gasteiger partial charge in [-0.3, -0.25) is 9.78 Å². The molecular formula is C20H17N3O. The summed E-state index contributed by atoms with van der Waals surface area (Å²) in [6.07, 6.45) is 2.90. The van der Waals surface area contributed by atoms with Crippen molar-refractivity contribution in [2.45, 2.75) is 12.8 Å². The molecule has 2 N–H and O–H groups in total. The topological polar surface area (TPSA) is 57.8 Å². The Morgan fingerprint density at radius 2 is 1.83 bits per heavy atom. The number of nitrogens with one attached hydrogen (secondary N) is 2. The Kier molecular flexibility index (Phi) is 3.71. The molecule has 0 saturated carbocycles. The van der Waals surface area contributed by atoms with E-state index in [9.17, 15) is 4.79 Å². The van der Waals surface area contributed by atoms with Crippen molar-refractivity contribution in [2.24, 2.45) is 0 Å². The number of H-pyrrole nitrogens is 1. The Morgan fingerprint density at radius 3 is 2.79 bits per heavy atom. The van der Waals surface area contributed by atoms with Crippen LogP contribution in [0.2, 0.25) is 0 Å². The van der Waals surface area contributed by atoms with Gasteiger partial charge in [-0.1, -0.05) is 36.4 Å². The average molecular weight is 315 g/mol. The van der Waals surface area contributed by atoms with Crippen LogP contribution >= 0.6 is 0 Å². The first kappa shape index (κ1) is 14.5. The maximum atomic E-state index is 12.3. The van der Waals surface area contributed by atoms with Crippen LogP contribution in [0, 0.1) is 0 Å². The number of benzene rings is 2. The molecule has 4 nitrogen and oxygen atoms in total. The number of aromatic nitrogens is 2. The largest absolute Gasteiger partial charge is 0.359 e. The van der Waals surface area contributed by atoms with Crippen LogP contribution in [0.5, 0.6) is 0 Å². The van der Waals surface area contributed by atoms with Gasteiger partial charge in [-0.05, 0) is 30.7 Å². The minimum absolute atomic E-state index is 0.00735. The lowest BCUT2D eigenvalue weighted by Crippen LogP contribution is -2.13. The lowest BCUT2D eigenvalue weighted by molar-refractivity contribution is -0.116. The quantitative estimate of drug-likeness (QED) is 0.590. The first-order valence-electron chi connectivity index (χ1n) is 8.00. The van der Waals surface area contributed by atoms with Crippen molar-refractivity contribution in [3.05, 3.63) is 72.6 Å². The Bertz CT molecular complexity index is 1020.